The van der Waals surface area contributed by atoms with Crippen molar-refractivity contribution >= 4 is 34.2 Å². The molecule has 1 N–H and O–H groups in total. The van der Waals surface area contributed by atoms with Gasteiger partial charge in [-0.05, 0) is 41.0 Å². The predicted molar refractivity (Wildman–Crippen MR) is 65.0 cm³/mol. The first-order valence-corrected chi connectivity index (χ1v) is 6.02. The predicted octanol–water partition coefficient (Wildman–Crippen LogP) is 3.16. The molecule has 1 aromatic rings. The van der Waals surface area contributed by atoms with Crippen molar-refractivity contribution in [3.8, 4) is 0 Å². The molecule has 86 valence electrons. The van der Waals surface area contributed by atoms with E-state index in [0.29, 0.717) is 9.49 Å². The summed E-state index contributed by atoms with van der Waals surface area (Å²) in [5.41, 5.74) is 0.0751. The highest BCUT2D eigenvalue weighted by atomic mass is 127. The normalized spacial score (nSPS) is 23.0. The maximum absolute atomic E-state index is 13.4. The summed E-state index contributed by atoms with van der Waals surface area (Å²) in [6.07, 6.45) is 0.839. The van der Waals surface area contributed by atoms with E-state index in [2.05, 4.69) is 5.32 Å². The number of hydrogen-bond donors (Lipinski definition) is 1. The lowest BCUT2D eigenvalue weighted by Gasteiger charge is -2.08. The maximum atomic E-state index is 13.4. The molecule has 1 fully saturated rings. The van der Waals surface area contributed by atoms with Gasteiger partial charge in [0, 0.05) is 15.6 Å². The second-order valence-corrected chi connectivity index (χ2v) is 5.22. The molecule has 2 atom stereocenters. The minimum atomic E-state index is -0.731. The Balaban J connectivity index is 2.18. The molecule has 0 unspecified atom stereocenters. The summed E-state index contributed by atoms with van der Waals surface area (Å²) in [5.74, 6) is -1.22. The zero-order chi connectivity index (χ0) is 11.9. The largest absolute Gasteiger partial charge is 0.322 e. The number of nitrogens with one attached hydrogen (secondary N) is 1. The van der Waals surface area contributed by atoms with E-state index in [-0.39, 0.29) is 17.5 Å². The van der Waals surface area contributed by atoms with Crippen molar-refractivity contribution in [1.82, 2.24) is 0 Å². The van der Waals surface area contributed by atoms with Gasteiger partial charge in [0.1, 0.15) is 5.82 Å². The van der Waals surface area contributed by atoms with Crippen molar-refractivity contribution in [2.75, 3.05) is 5.32 Å². The minimum Gasteiger partial charge on any atom is -0.322 e. The van der Waals surface area contributed by atoms with Crippen molar-refractivity contribution < 1.29 is 13.6 Å². The third-order valence-corrected chi connectivity index (χ3v) is 3.55. The van der Waals surface area contributed by atoms with E-state index in [1.807, 2.05) is 6.92 Å². The van der Waals surface area contributed by atoms with E-state index in [9.17, 15) is 13.6 Å². The molecule has 1 aliphatic rings. The fourth-order valence-electron chi connectivity index (χ4n) is 1.56. The van der Waals surface area contributed by atoms with Gasteiger partial charge >= 0.3 is 0 Å². The van der Waals surface area contributed by atoms with Crippen LogP contribution in [0.3, 0.4) is 0 Å². The topological polar surface area (TPSA) is 29.1 Å². The zero-order valence-corrected chi connectivity index (χ0v) is 10.7. The smallest absolute Gasteiger partial charge is 0.227 e. The van der Waals surface area contributed by atoms with Crippen LogP contribution in [-0.4, -0.2) is 5.91 Å². The maximum Gasteiger partial charge on any atom is 0.227 e. The van der Waals surface area contributed by atoms with Crippen molar-refractivity contribution in [1.29, 1.82) is 0 Å². The van der Waals surface area contributed by atoms with Crippen LogP contribution in [0.2, 0.25) is 0 Å². The molecular weight excluding hydrogens is 327 g/mol. The number of carbonyl (C=O) groups is 1. The first kappa shape index (κ1) is 11.8. The summed E-state index contributed by atoms with van der Waals surface area (Å²) >= 11 is 1.80. The number of hydrogen-bond acceptors (Lipinski definition) is 1. The summed E-state index contributed by atoms with van der Waals surface area (Å²) in [6, 6.07) is 1.96. The summed E-state index contributed by atoms with van der Waals surface area (Å²) in [6.45, 7) is 1.97. The number of amides is 1. The van der Waals surface area contributed by atoms with E-state index in [1.54, 1.807) is 22.6 Å². The second kappa shape index (κ2) is 4.27. The standard InChI is InChI=1S/C11H10F2INO/c1-5-2-7(5)11(16)15-10-8(13)3-6(12)4-9(10)14/h3-5,7H,2H2,1H3,(H,15,16)/t5-,7-/m0/s1. The number of rotatable bonds is 2. The summed E-state index contributed by atoms with van der Waals surface area (Å²) in [5, 5.41) is 2.51. The minimum absolute atomic E-state index is 0.0275. The Morgan fingerprint density at radius 2 is 2.12 bits per heavy atom. The summed E-state index contributed by atoms with van der Waals surface area (Å²) in [7, 11) is 0. The highest BCUT2D eigenvalue weighted by Crippen LogP contribution is 2.39. The Morgan fingerprint density at radius 1 is 1.50 bits per heavy atom. The van der Waals surface area contributed by atoms with Gasteiger partial charge in [0.05, 0.1) is 5.69 Å². The first-order chi connectivity index (χ1) is 7.49. The van der Waals surface area contributed by atoms with Crippen LogP contribution in [-0.2, 0) is 4.79 Å². The molecule has 0 aliphatic heterocycles. The van der Waals surface area contributed by atoms with Gasteiger partial charge in [0.25, 0.3) is 0 Å². The number of carbonyl (C=O) groups excluding carboxylic acids is 1. The van der Waals surface area contributed by atoms with Crippen LogP contribution in [0.1, 0.15) is 13.3 Å². The molecule has 0 saturated heterocycles. The molecule has 2 nitrogen and oxygen atoms in total. The third-order valence-electron chi connectivity index (χ3n) is 2.70. The average molecular weight is 337 g/mol. The van der Waals surface area contributed by atoms with Gasteiger partial charge in [0.2, 0.25) is 5.91 Å². The van der Waals surface area contributed by atoms with Gasteiger partial charge in [-0.15, -0.1) is 0 Å². The van der Waals surface area contributed by atoms with Gasteiger partial charge < -0.3 is 5.32 Å². The molecule has 0 spiro atoms. The summed E-state index contributed by atoms with van der Waals surface area (Å²) in [4.78, 5) is 11.6. The van der Waals surface area contributed by atoms with Gasteiger partial charge in [-0.25, -0.2) is 8.78 Å². The van der Waals surface area contributed by atoms with Crippen LogP contribution in [0.15, 0.2) is 12.1 Å². The van der Waals surface area contributed by atoms with Crippen LogP contribution >= 0.6 is 22.6 Å². The van der Waals surface area contributed by atoms with Gasteiger partial charge in [-0.3, -0.25) is 4.79 Å². The molecule has 0 radical (unpaired) electrons. The number of anilines is 1. The molecule has 1 amide bonds. The lowest BCUT2D eigenvalue weighted by atomic mass is 10.2. The molecule has 16 heavy (non-hydrogen) atoms. The first-order valence-electron chi connectivity index (χ1n) is 4.94. The average Bonchev–Trinajstić information content (AvgIpc) is 2.88. The van der Waals surface area contributed by atoms with Crippen LogP contribution in [0, 0.1) is 27.0 Å². The highest BCUT2D eigenvalue weighted by Gasteiger charge is 2.39. The quantitative estimate of drug-likeness (QED) is 0.826. The molecule has 2 rings (SSSR count). The molecule has 5 heteroatoms. The molecule has 0 heterocycles. The molecular formula is C11H10F2INO. The third kappa shape index (κ3) is 2.34. The van der Waals surface area contributed by atoms with Crippen molar-refractivity contribution in [3.05, 3.63) is 27.3 Å². The van der Waals surface area contributed by atoms with E-state index < -0.39 is 11.6 Å². The van der Waals surface area contributed by atoms with Crippen LogP contribution < -0.4 is 5.32 Å². The van der Waals surface area contributed by atoms with E-state index in [0.717, 1.165) is 12.5 Å². The number of halogens is 3. The van der Waals surface area contributed by atoms with E-state index in [1.165, 1.54) is 6.07 Å². The zero-order valence-electron chi connectivity index (χ0n) is 8.56. The Kier molecular flexibility index (Phi) is 3.14. The second-order valence-electron chi connectivity index (χ2n) is 4.05. The van der Waals surface area contributed by atoms with Crippen LogP contribution in [0.5, 0.6) is 0 Å². The Labute approximate surface area is 106 Å². The highest BCUT2D eigenvalue weighted by molar-refractivity contribution is 14.1. The molecule has 0 bridgehead atoms. The lowest BCUT2D eigenvalue weighted by molar-refractivity contribution is -0.117. The Morgan fingerprint density at radius 3 is 2.62 bits per heavy atom. The Bertz CT molecular complexity index is 427. The van der Waals surface area contributed by atoms with Crippen LogP contribution in [0.4, 0.5) is 14.5 Å². The van der Waals surface area contributed by atoms with E-state index >= 15 is 0 Å². The van der Waals surface area contributed by atoms with Gasteiger partial charge in [-0.1, -0.05) is 6.92 Å². The molecule has 1 aromatic carbocycles. The van der Waals surface area contributed by atoms with Crippen molar-refractivity contribution in [3.63, 3.8) is 0 Å². The fourth-order valence-corrected chi connectivity index (χ4v) is 2.25. The molecule has 0 aromatic heterocycles. The van der Waals surface area contributed by atoms with Gasteiger partial charge in [-0.2, -0.15) is 0 Å². The van der Waals surface area contributed by atoms with Gasteiger partial charge in [0.15, 0.2) is 5.82 Å². The SMILES string of the molecule is C[C@H]1C[C@@H]1C(=O)Nc1c(F)cc(F)cc1I. The molecule has 1 saturated carbocycles. The van der Waals surface area contributed by atoms with E-state index in [4.69, 9.17) is 0 Å². The Hall–Kier alpha value is -0.720. The van der Waals surface area contributed by atoms with Crippen molar-refractivity contribution in [2.45, 2.75) is 13.3 Å². The lowest BCUT2D eigenvalue weighted by Crippen LogP contribution is -2.16. The number of benzene rings is 1. The molecule has 1 aliphatic carbocycles. The summed E-state index contributed by atoms with van der Waals surface area (Å²) < 4.78 is 26.6. The van der Waals surface area contributed by atoms with Crippen molar-refractivity contribution in [2.24, 2.45) is 11.8 Å². The fraction of sp³-hybridized carbons (Fsp3) is 0.364. The van der Waals surface area contributed by atoms with Crippen LogP contribution in [0.25, 0.3) is 0 Å². The monoisotopic (exact) mass is 337 g/mol.